The second kappa shape index (κ2) is 5.56. The highest BCUT2D eigenvalue weighted by molar-refractivity contribution is 5.93. The highest BCUT2D eigenvalue weighted by Crippen LogP contribution is 2.23. The topological polar surface area (TPSA) is 54.0 Å². The molecule has 3 rings (SSSR count). The Bertz CT molecular complexity index is 677. The van der Waals surface area contributed by atoms with Gasteiger partial charge in [0, 0.05) is 23.6 Å². The molecule has 21 heavy (non-hydrogen) atoms. The summed E-state index contributed by atoms with van der Waals surface area (Å²) in [5, 5.41) is 6.31. The highest BCUT2D eigenvalue weighted by Gasteiger charge is 2.24. The quantitative estimate of drug-likeness (QED) is 0.903. The molecule has 1 aromatic carbocycles. The van der Waals surface area contributed by atoms with Crippen molar-refractivity contribution >= 4 is 17.3 Å². The lowest BCUT2D eigenvalue weighted by Crippen LogP contribution is -2.26. The highest BCUT2D eigenvalue weighted by atomic mass is 16.2. The molecule has 0 spiro atoms. The van der Waals surface area contributed by atoms with Gasteiger partial charge in [-0.15, -0.1) is 0 Å². The van der Waals surface area contributed by atoms with E-state index in [-0.39, 0.29) is 5.91 Å². The number of carbonyl (C=O) groups is 1. The monoisotopic (exact) mass is 281 g/mol. The van der Waals surface area contributed by atoms with E-state index in [1.54, 1.807) is 12.3 Å². The van der Waals surface area contributed by atoms with Gasteiger partial charge in [-0.2, -0.15) is 0 Å². The Kier molecular flexibility index (Phi) is 3.60. The predicted molar refractivity (Wildman–Crippen MR) is 83.9 cm³/mol. The fourth-order valence-electron chi connectivity index (χ4n) is 2.16. The van der Waals surface area contributed by atoms with E-state index in [9.17, 15) is 4.79 Å². The van der Waals surface area contributed by atoms with Crippen LogP contribution in [0, 0.1) is 13.8 Å². The van der Waals surface area contributed by atoms with Gasteiger partial charge in [-0.25, -0.2) is 0 Å². The first-order valence-corrected chi connectivity index (χ1v) is 7.23. The van der Waals surface area contributed by atoms with Crippen LogP contribution < -0.4 is 10.6 Å². The van der Waals surface area contributed by atoms with Gasteiger partial charge >= 0.3 is 0 Å². The van der Waals surface area contributed by atoms with Crippen LogP contribution in [0.4, 0.5) is 11.4 Å². The van der Waals surface area contributed by atoms with Crippen molar-refractivity contribution in [3.8, 4) is 0 Å². The van der Waals surface area contributed by atoms with E-state index in [2.05, 4.69) is 35.5 Å². The third-order valence-electron chi connectivity index (χ3n) is 3.79. The van der Waals surface area contributed by atoms with Crippen molar-refractivity contribution < 1.29 is 4.79 Å². The molecule has 1 aliphatic carbocycles. The minimum Gasteiger partial charge on any atom is -0.355 e. The summed E-state index contributed by atoms with van der Waals surface area (Å²) >= 11 is 0. The zero-order valence-electron chi connectivity index (χ0n) is 12.3. The van der Waals surface area contributed by atoms with Gasteiger partial charge in [-0.05, 0) is 56.0 Å². The van der Waals surface area contributed by atoms with Gasteiger partial charge in [-0.1, -0.05) is 12.1 Å². The summed E-state index contributed by atoms with van der Waals surface area (Å²) in [4.78, 5) is 16.2. The maximum Gasteiger partial charge on any atom is 0.270 e. The van der Waals surface area contributed by atoms with Crippen molar-refractivity contribution in [2.24, 2.45) is 0 Å². The predicted octanol–water partition coefficient (Wildman–Crippen LogP) is 3.33. The fourth-order valence-corrected chi connectivity index (χ4v) is 2.16. The third-order valence-corrected chi connectivity index (χ3v) is 3.79. The average Bonchev–Trinajstić information content (AvgIpc) is 3.28. The first kappa shape index (κ1) is 13.6. The van der Waals surface area contributed by atoms with Crippen molar-refractivity contribution in [2.45, 2.75) is 32.7 Å². The Morgan fingerprint density at radius 2 is 2.05 bits per heavy atom. The fraction of sp³-hybridized carbons (Fsp3) is 0.294. The number of aromatic nitrogens is 1. The van der Waals surface area contributed by atoms with Gasteiger partial charge in [0.25, 0.3) is 5.91 Å². The molecule has 1 amide bonds. The lowest BCUT2D eigenvalue weighted by atomic mass is 10.1. The van der Waals surface area contributed by atoms with Gasteiger partial charge in [0.15, 0.2) is 0 Å². The van der Waals surface area contributed by atoms with E-state index < -0.39 is 0 Å². The molecular weight excluding hydrogens is 262 g/mol. The van der Waals surface area contributed by atoms with Crippen LogP contribution in [0.25, 0.3) is 0 Å². The Hall–Kier alpha value is -2.36. The second-order valence-corrected chi connectivity index (χ2v) is 5.55. The first-order valence-electron chi connectivity index (χ1n) is 7.23. The number of hydrogen-bond donors (Lipinski definition) is 2. The number of nitrogens with zero attached hydrogens (tertiary/aromatic N) is 1. The zero-order valence-corrected chi connectivity index (χ0v) is 12.3. The number of hydrogen-bond acceptors (Lipinski definition) is 3. The molecule has 4 heteroatoms. The number of carbonyl (C=O) groups excluding carboxylic acids is 1. The lowest BCUT2D eigenvalue weighted by molar-refractivity contribution is 0.0946. The number of nitrogens with one attached hydrogen (secondary N) is 2. The molecule has 1 aromatic heterocycles. The largest absolute Gasteiger partial charge is 0.355 e. The van der Waals surface area contributed by atoms with Gasteiger partial charge in [0.05, 0.1) is 0 Å². The van der Waals surface area contributed by atoms with Gasteiger partial charge < -0.3 is 10.6 Å². The van der Waals surface area contributed by atoms with Crippen LogP contribution in [0.15, 0.2) is 36.5 Å². The van der Waals surface area contributed by atoms with Gasteiger partial charge in [-0.3, -0.25) is 9.78 Å². The Balaban J connectivity index is 1.79. The maximum atomic E-state index is 12.0. The third kappa shape index (κ3) is 3.21. The summed E-state index contributed by atoms with van der Waals surface area (Å²) < 4.78 is 0. The van der Waals surface area contributed by atoms with E-state index in [0.717, 1.165) is 24.2 Å². The van der Waals surface area contributed by atoms with Crippen molar-refractivity contribution in [2.75, 3.05) is 5.32 Å². The van der Waals surface area contributed by atoms with E-state index >= 15 is 0 Å². The van der Waals surface area contributed by atoms with Gasteiger partial charge in [0.1, 0.15) is 5.69 Å². The molecule has 0 aliphatic heterocycles. The van der Waals surface area contributed by atoms with E-state index in [4.69, 9.17) is 0 Å². The number of aryl methyl sites for hydroxylation is 1. The van der Waals surface area contributed by atoms with Crippen LogP contribution in [0.3, 0.4) is 0 Å². The standard InChI is InChI=1S/C17H19N3O/c1-11-4-3-5-15(12(11)2)19-14-8-9-18-16(10-14)17(21)20-13-6-7-13/h3-5,8-10,13H,6-7H2,1-2H3,(H,18,19)(H,20,21). The van der Waals surface area contributed by atoms with Crippen LogP contribution >= 0.6 is 0 Å². The number of amides is 1. The summed E-state index contributed by atoms with van der Waals surface area (Å²) in [5.74, 6) is -0.0953. The molecule has 0 saturated heterocycles. The minimum absolute atomic E-state index is 0.0953. The Morgan fingerprint density at radius 3 is 2.81 bits per heavy atom. The maximum absolute atomic E-state index is 12.0. The Morgan fingerprint density at radius 1 is 1.24 bits per heavy atom. The minimum atomic E-state index is -0.0953. The van der Waals surface area contributed by atoms with Gasteiger partial charge in [0.2, 0.25) is 0 Å². The molecule has 2 N–H and O–H groups in total. The van der Waals surface area contributed by atoms with Crippen molar-refractivity contribution in [1.82, 2.24) is 10.3 Å². The number of pyridine rings is 1. The summed E-state index contributed by atoms with van der Waals surface area (Å²) in [5.41, 5.74) is 4.82. The van der Waals surface area contributed by atoms with Crippen molar-refractivity contribution in [1.29, 1.82) is 0 Å². The van der Waals surface area contributed by atoms with Crippen LogP contribution in [0.1, 0.15) is 34.5 Å². The lowest BCUT2D eigenvalue weighted by Gasteiger charge is -2.12. The average molecular weight is 281 g/mol. The molecule has 0 radical (unpaired) electrons. The molecule has 0 bridgehead atoms. The zero-order chi connectivity index (χ0) is 14.8. The summed E-state index contributed by atoms with van der Waals surface area (Å²) in [6, 6.07) is 10.1. The summed E-state index contributed by atoms with van der Waals surface area (Å²) in [6.45, 7) is 4.17. The van der Waals surface area contributed by atoms with Crippen LogP contribution in [-0.4, -0.2) is 16.9 Å². The van der Waals surface area contributed by atoms with E-state index in [1.807, 2.05) is 18.2 Å². The van der Waals surface area contributed by atoms with Crippen LogP contribution in [0.5, 0.6) is 0 Å². The number of benzene rings is 1. The molecule has 4 nitrogen and oxygen atoms in total. The Labute approximate surface area is 124 Å². The number of rotatable bonds is 4. The van der Waals surface area contributed by atoms with E-state index in [0.29, 0.717) is 11.7 Å². The molecule has 1 saturated carbocycles. The smallest absolute Gasteiger partial charge is 0.270 e. The number of anilines is 2. The summed E-state index contributed by atoms with van der Waals surface area (Å²) in [7, 11) is 0. The molecule has 0 atom stereocenters. The normalized spacial score (nSPS) is 13.8. The molecule has 1 fully saturated rings. The van der Waals surface area contributed by atoms with Crippen molar-refractivity contribution in [3.63, 3.8) is 0 Å². The van der Waals surface area contributed by atoms with E-state index in [1.165, 1.54) is 11.1 Å². The molecule has 0 unspecified atom stereocenters. The van der Waals surface area contributed by atoms with Crippen LogP contribution in [0.2, 0.25) is 0 Å². The van der Waals surface area contributed by atoms with Crippen molar-refractivity contribution in [3.05, 3.63) is 53.3 Å². The molecule has 108 valence electrons. The first-order chi connectivity index (χ1) is 10.1. The SMILES string of the molecule is Cc1cccc(Nc2ccnc(C(=O)NC3CC3)c2)c1C. The molecule has 1 heterocycles. The molecular formula is C17H19N3O. The van der Waals surface area contributed by atoms with Crippen LogP contribution in [-0.2, 0) is 0 Å². The molecule has 1 aliphatic rings. The summed E-state index contributed by atoms with van der Waals surface area (Å²) in [6.07, 6.45) is 3.81. The second-order valence-electron chi connectivity index (χ2n) is 5.55. The molecule has 2 aromatic rings.